The Morgan fingerprint density at radius 3 is 2.63 bits per heavy atom. The van der Waals surface area contributed by atoms with E-state index in [1.807, 2.05) is 6.07 Å². The van der Waals surface area contributed by atoms with Crippen molar-refractivity contribution in [2.75, 3.05) is 0 Å². The van der Waals surface area contributed by atoms with E-state index in [4.69, 9.17) is 16.0 Å². The van der Waals surface area contributed by atoms with Gasteiger partial charge in [-0.15, -0.1) is 0 Å². The normalized spacial score (nSPS) is 15.1. The molecule has 6 heteroatoms. The molecule has 0 bridgehead atoms. The van der Waals surface area contributed by atoms with Gasteiger partial charge in [0.1, 0.15) is 5.15 Å². The molecule has 0 radical (unpaired) electrons. The lowest BCUT2D eigenvalue weighted by Gasteiger charge is -2.07. The molecule has 0 atom stereocenters. The van der Waals surface area contributed by atoms with E-state index < -0.39 is 0 Å². The van der Waals surface area contributed by atoms with Crippen LogP contribution in [0.3, 0.4) is 0 Å². The first-order valence-electron chi connectivity index (χ1n) is 6.15. The maximum atomic E-state index is 6.30. The van der Waals surface area contributed by atoms with Crippen LogP contribution >= 0.6 is 43.5 Å². The van der Waals surface area contributed by atoms with E-state index >= 15 is 0 Å². The van der Waals surface area contributed by atoms with Gasteiger partial charge in [0.05, 0.1) is 4.47 Å². The summed E-state index contributed by atoms with van der Waals surface area (Å²) in [7, 11) is 0. The van der Waals surface area contributed by atoms with Gasteiger partial charge >= 0.3 is 0 Å². The van der Waals surface area contributed by atoms with Crippen molar-refractivity contribution in [1.29, 1.82) is 0 Å². The molecule has 0 spiro atoms. The number of furan rings is 1. The topological polar surface area (TPSA) is 38.9 Å². The summed E-state index contributed by atoms with van der Waals surface area (Å²) < 4.78 is 7.04. The molecule has 3 rings (SSSR count). The molecule has 2 aromatic rings. The third-order valence-electron chi connectivity index (χ3n) is 3.25. The highest BCUT2D eigenvalue weighted by Crippen LogP contribution is 2.33. The monoisotopic (exact) mass is 404 g/mol. The first kappa shape index (κ1) is 13.6. The molecule has 1 aliphatic rings. The third-order valence-corrected chi connectivity index (χ3v) is 5.27. The van der Waals surface area contributed by atoms with Crippen molar-refractivity contribution >= 4 is 43.5 Å². The summed E-state index contributed by atoms with van der Waals surface area (Å²) in [6, 6.07) is 1.85. The van der Waals surface area contributed by atoms with Gasteiger partial charge in [-0.3, -0.25) is 0 Å². The van der Waals surface area contributed by atoms with E-state index in [0.29, 0.717) is 21.4 Å². The van der Waals surface area contributed by atoms with E-state index in [9.17, 15) is 0 Å². The molecular formula is C13H11Br2ClN2O. The number of halogens is 3. The number of nitrogens with zero attached hydrogens (tertiary/aromatic N) is 2. The second-order valence-corrected chi connectivity index (χ2v) is 6.49. The van der Waals surface area contributed by atoms with E-state index in [2.05, 4.69) is 41.8 Å². The van der Waals surface area contributed by atoms with Crippen LogP contribution in [0.2, 0.25) is 5.15 Å². The van der Waals surface area contributed by atoms with Gasteiger partial charge in [-0.1, -0.05) is 18.0 Å². The number of rotatable bonds is 1. The zero-order chi connectivity index (χ0) is 13.4. The highest BCUT2D eigenvalue weighted by atomic mass is 79.9. The molecule has 0 saturated carbocycles. The van der Waals surface area contributed by atoms with Gasteiger partial charge in [0.25, 0.3) is 0 Å². The van der Waals surface area contributed by atoms with E-state index in [1.165, 1.54) is 6.42 Å². The van der Waals surface area contributed by atoms with Gasteiger partial charge in [-0.25, -0.2) is 9.97 Å². The van der Waals surface area contributed by atoms with Crippen LogP contribution in [-0.2, 0) is 12.8 Å². The van der Waals surface area contributed by atoms with Crippen LogP contribution in [0.1, 0.15) is 30.5 Å². The summed E-state index contributed by atoms with van der Waals surface area (Å²) in [5.41, 5.74) is 2.17. The Morgan fingerprint density at radius 2 is 1.89 bits per heavy atom. The minimum atomic E-state index is 0.553. The molecule has 2 aromatic heterocycles. The zero-order valence-corrected chi connectivity index (χ0v) is 14.0. The molecule has 0 fully saturated rings. The Balaban J connectivity index is 2.08. The van der Waals surface area contributed by atoms with Gasteiger partial charge in [-0.05, 0) is 57.5 Å². The lowest BCUT2D eigenvalue weighted by Crippen LogP contribution is -2.01. The van der Waals surface area contributed by atoms with Crippen LogP contribution in [0.15, 0.2) is 19.6 Å². The molecule has 0 amide bonds. The second kappa shape index (κ2) is 5.54. The fourth-order valence-corrected chi connectivity index (χ4v) is 3.15. The Hall–Kier alpha value is -0.390. The van der Waals surface area contributed by atoms with Crippen LogP contribution in [0.25, 0.3) is 11.6 Å². The predicted octanol–water partition coefficient (Wildman–Crippen LogP) is 5.18. The predicted molar refractivity (Wildman–Crippen MR) is 81.4 cm³/mol. The van der Waals surface area contributed by atoms with Gasteiger partial charge in [0.2, 0.25) is 0 Å². The summed E-state index contributed by atoms with van der Waals surface area (Å²) in [6.45, 7) is 0. The fourth-order valence-electron chi connectivity index (χ4n) is 2.29. The minimum absolute atomic E-state index is 0.553. The smallest absolute Gasteiger partial charge is 0.197 e. The van der Waals surface area contributed by atoms with Crippen LogP contribution in [0, 0.1) is 0 Å². The lowest BCUT2D eigenvalue weighted by molar-refractivity contribution is 0.548. The Kier molecular flexibility index (Phi) is 3.96. The largest absolute Gasteiger partial charge is 0.445 e. The number of aromatic nitrogens is 2. The maximum Gasteiger partial charge on any atom is 0.197 e. The third kappa shape index (κ3) is 2.73. The summed E-state index contributed by atoms with van der Waals surface area (Å²) in [4.78, 5) is 9.00. The summed E-state index contributed by atoms with van der Waals surface area (Å²) in [5.74, 6) is 1.17. The SMILES string of the molecule is Clc1nc(-c2cc(Br)c(Br)o2)nc2c1CCCCC2. The molecule has 0 saturated heterocycles. The van der Waals surface area contributed by atoms with Crippen molar-refractivity contribution in [3.8, 4) is 11.6 Å². The van der Waals surface area contributed by atoms with Crippen molar-refractivity contribution in [3.63, 3.8) is 0 Å². The molecule has 3 nitrogen and oxygen atoms in total. The van der Waals surface area contributed by atoms with Crippen molar-refractivity contribution in [1.82, 2.24) is 9.97 Å². The number of fused-ring (bicyclic) bond motifs is 1. The summed E-state index contributed by atoms with van der Waals surface area (Å²) in [6.07, 6.45) is 5.48. The molecule has 0 aliphatic heterocycles. The highest BCUT2D eigenvalue weighted by Gasteiger charge is 2.18. The molecule has 0 aromatic carbocycles. The number of hydrogen-bond acceptors (Lipinski definition) is 3. The lowest BCUT2D eigenvalue weighted by atomic mass is 10.1. The standard InChI is InChI=1S/C13H11Br2ClN2O/c14-8-6-10(19-11(8)15)13-17-9-5-3-1-2-4-7(9)12(16)18-13/h6H,1-5H2. The Labute approximate surface area is 133 Å². The van der Waals surface area contributed by atoms with Crippen LogP contribution < -0.4 is 0 Å². The molecular weight excluding hydrogens is 395 g/mol. The summed E-state index contributed by atoms with van der Waals surface area (Å²) in [5, 5.41) is 0.561. The highest BCUT2D eigenvalue weighted by molar-refractivity contribution is 9.13. The van der Waals surface area contributed by atoms with Crippen LogP contribution in [-0.4, -0.2) is 9.97 Å². The molecule has 100 valence electrons. The molecule has 2 heterocycles. The van der Waals surface area contributed by atoms with Crippen LogP contribution in [0.5, 0.6) is 0 Å². The van der Waals surface area contributed by atoms with Gasteiger partial charge in [0.15, 0.2) is 16.3 Å². The number of aryl methyl sites for hydroxylation is 1. The Morgan fingerprint density at radius 1 is 1.11 bits per heavy atom. The van der Waals surface area contributed by atoms with Crippen LogP contribution in [0.4, 0.5) is 0 Å². The van der Waals surface area contributed by atoms with Crippen molar-refractivity contribution in [3.05, 3.63) is 31.6 Å². The van der Waals surface area contributed by atoms with Gasteiger partial charge < -0.3 is 4.42 Å². The Bertz CT molecular complexity index is 608. The quantitative estimate of drug-likeness (QED) is 0.484. The van der Waals surface area contributed by atoms with E-state index in [1.54, 1.807) is 0 Å². The number of hydrogen-bond donors (Lipinski definition) is 0. The van der Waals surface area contributed by atoms with Crippen molar-refractivity contribution in [2.45, 2.75) is 32.1 Å². The van der Waals surface area contributed by atoms with E-state index in [0.717, 1.165) is 41.4 Å². The average molecular weight is 407 g/mol. The molecule has 0 N–H and O–H groups in total. The first-order chi connectivity index (χ1) is 9.15. The zero-order valence-electron chi connectivity index (χ0n) is 10.0. The molecule has 1 aliphatic carbocycles. The average Bonchev–Trinajstić information content (AvgIpc) is 2.61. The van der Waals surface area contributed by atoms with E-state index in [-0.39, 0.29) is 0 Å². The minimum Gasteiger partial charge on any atom is -0.445 e. The second-order valence-electron chi connectivity index (χ2n) is 4.56. The first-order valence-corrected chi connectivity index (χ1v) is 8.12. The molecule has 19 heavy (non-hydrogen) atoms. The maximum absolute atomic E-state index is 6.30. The van der Waals surface area contributed by atoms with Crippen molar-refractivity contribution in [2.24, 2.45) is 0 Å². The fraction of sp³-hybridized carbons (Fsp3) is 0.385. The van der Waals surface area contributed by atoms with Crippen molar-refractivity contribution < 1.29 is 4.42 Å². The molecule has 0 unspecified atom stereocenters. The van der Waals surface area contributed by atoms with Gasteiger partial charge in [-0.2, -0.15) is 0 Å². The summed E-state index contributed by atoms with van der Waals surface area (Å²) >= 11 is 13.0. The van der Waals surface area contributed by atoms with Gasteiger partial charge in [0, 0.05) is 17.3 Å².